The van der Waals surface area contributed by atoms with Crippen molar-refractivity contribution in [1.82, 2.24) is 5.32 Å². The molecule has 2 unspecified atom stereocenters. The van der Waals surface area contributed by atoms with Crippen molar-refractivity contribution in [2.24, 2.45) is 5.92 Å². The van der Waals surface area contributed by atoms with E-state index in [9.17, 15) is 0 Å². The molecule has 90 valence electrons. The maximum absolute atomic E-state index is 5.78. The predicted octanol–water partition coefficient (Wildman–Crippen LogP) is 2.97. The normalized spacial score (nSPS) is 23.6. The van der Waals surface area contributed by atoms with Crippen LogP contribution < -0.4 is 5.32 Å². The summed E-state index contributed by atoms with van der Waals surface area (Å²) >= 11 is 0. The minimum absolute atomic E-state index is 0.482. The van der Waals surface area contributed by atoms with E-state index in [1.165, 1.54) is 32.1 Å². The van der Waals surface area contributed by atoms with Crippen molar-refractivity contribution >= 4 is 0 Å². The lowest BCUT2D eigenvalue weighted by atomic mass is 9.98. The topological polar surface area (TPSA) is 21.3 Å². The zero-order valence-electron chi connectivity index (χ0n) is 10.6. The Hall–Kier alpha value is -0.0800. The number of ether oxygens (including phenoxy) is 1. The van der Waals surface area contributed by atoms with Gasteiger partial charge in [0.15, 0.2) is 0 Å². The fourth-order valence-electron chi connectivity index (χ4n) is 2.18. The van der Waals surface area contributed by atoms with Crippen LogP contribution in [0.5, 0.6) is 0 Å². The van der Waals surface area contributed by atoms with Gasteiger partial charge in [-0.3, -0.25) is 0 Å². The molecule has 1 N–H and O–H groups in total. The lowest BCUT2D eigenvalue weighted by Gasteiger charge is -2.25. The van der Waals surface area contributed by atoms with E-state index >= 15 is 0 Å². The van der Waals surface area contributed by atoms with E-state index in [0.29, 0.717) is 12.1 Å². The average molecular weight is 213 g/mol. The molecule has 15 heavy (non-hydrogen) atoms. The molecule has 0 spiro atoms. The van der Waals surface area contributed by atoms with Crippen LogP contribution in [-0.2, 0) is 4.74 Å². The second-order valence-electron chi connectivity index (χ2n) is 5.08. The van der Waals surface area contributed by atoms with Gasteiger partial charge in [0.25, 0.3) is 0 Å². The first-order valence-electron chi connectivity index (χ1n) is 6.59. The molecule has 0 saturated carbocycles. The van der Waals surface area contributed by atoms with Crippen molar-refractivity contribution in [1.29, 1.82) is 0 Å². The van der Waals surface area contributed by atoms with Crippen molar-refractivity contribution in [3.63, 3.8) is 0 Å². The third-order valence-electron chi connectivity index (χ3n) is 3.13. The monoisotopic (exact) mass is 213 g/mol. The molecule has 0 aromatic heterocycles. The van der Waals surface area contributed by atoms with Gasteiger partial charge >= 0.3 is 0 Å². The van der Waals surface area contributed by atoms with Crippen molar-refractivity contribution in [2.75, 3.05) is 13.2 Å². The highest BCUT2D eigenvalue weighted by Gasteiger charge is 2.25. The van der Waals surface area contributed by atoms with Crippen molar-refractivity contribution in [2.45, 2.75) is 65.0 Å². The summed E-state index contributed by atoms with van der Waals surface area (Å²) in [6.07, 6.45) is 6.76. The molecule has 1 fully saturated rings. The largest absolute Gasteiger partial charge is 0.377 e. The summed E-state index contributed by atoms with van der Waals surface area (Å²) in [4.78, 5) is 0. The Labute approximate surface area is 94.8 Å². The zero-order chi connectivity index (χ0) is 11.1. The summed E-state index contributed by atoms with van der Waals surface area (Å²) in [5, 5.41) is 3.64. The molecular weight excluding hydrogens is 186 g/mol. The lowest BCUT2D eigenvalue weighted by molar-refractivity contribution is 0.0738. The summed E-state index contributed by atoms with van der Waals surface area (Å²) in [5.74, 6) is 0.803. The highest BCUT2D eigenvalue weighted by molar-refractivity contribution is 4.80. The van der Waals surface area contributed by atoms with Crippen LogP contribution in [0.1, 0.15) is 52.9 Å². The molecular formula is C13H27NO. The molecule has 0 amide bonds. The highest BCUT2D eigenvalue weighted by atomic mass is 16.5. The highest BCUT2D eigenvalue weighted by Crippen LogP contribution is 2.20. The number of hydrogen-bond acceptors (Lipinski definition) is 2. The summed E-state index contributed by atoms with van der Waals surface area (Å²) in [5.41, 5.74) is 0. The maximum Gasteiger partial charge on any atom is 0.0728 e. The average Bonchev–Trinajstić information content (AvgIpc) is 2.71. The Bertz CT molecular complexity index is 153. The molecule has 0 radical (unpaired) electrons. The number of hydrogen-bond donors (Lipinski definition) is 1. The van der Waals surface area contributed by atoms with Gasteiger partial charge < -0.3 is 10.1 Å². The van der Waals surface area contributed by atoms with E-state index in [1.54, 1.807) is 0 Å². The van der Waals surface area contributed by atoms with Crippen molar-refractivity contribution in [3.8, 4) is 0 Å². The number of rotatable bonds is 7. The van der Waals surface area contributed by atoms with Crippen molar-refractivity contribution < 1.29 is 4.74 Å². The zero-order valence-corrected chi connectivity index (χ0v) is 10.6. The second-order valence-corrected chi connectivity index (χ2v) is 5.08. The first-order valence-corrected chi connectivity index (χ1v) is 6.59. The van der Waals surface area contributed by atoms with Gasteiger partial charge in [0.2, 0.25) is 0 Å². The molecule has 2 atom stereocenters. The standard InChI is InChI=1S/C13H27NO/c1-4-9-14-12(8-7-11(2)3)13-6-5-10-15-13/h11-14H,4-10H2,1-3H3. The molecule has 0 aliphatic carbocycles. The van der Waals surface area contributed by atoms with E-state index in [0.717, 1.165) is 19.1 Å². The van der Waals surface area contributed by atoms with Gasteiger partial charge in [-0.25, -0.2) is 0 Å². The predicted molar refractivity (Wildman–Crippen MR) is 65.1 cm³/mol. The van der Waals surface area contributed by atoms with Gasteiger partial charge in [0, 0.05) is 12.6 Å². The molecule has 1 saturated heterocycles. The summed E-state index contributed by atoms with van der Waals surface area (Å²) < 4.78 is 5.78. The van der Waals surface area contributed by atoms with Crippen LogP contribution >= 0.6 is 0 Å². The molecule has 1 heterocycles. The molecule has 1 aliphatic rings. The van der Waals surface area contributed by atoms with Crippen LogP contribution in [-0.4, -0.2) is 25.3 Å². The maximum atomic E-state index is 5.78. The van der Waals surface area contributed by atoms with E-state index in [4.69, 9.17) is 4.74 Å². The van der Waals surface area contributed by atoms with Gasteiger partial charge in [-0.15, -0.1) is 0 Å². The van der Waals surface area contributed by atoms with Crippen LogP contribution in [0.15, 0.2) is 0 Å². The Morgan fingerprint density at radius 2 is 2.13 bits per heavy atom. The third kappa shape index (κ3) is 4.98. The van der Waals surface area contributed by atoms with Crippen LogP contribution in [0.4, 0.5) is 0 Å². The molecule has 0 aromatic rings. The molecule has 0 aromatic carbocycles. The Morgan fingerprint density at radius 3 is 2.67 bits per heavy atom. The quantitative estimate of drug-likeness (QED) is 0.702. The first kappa shape index (κ1) is 13.0. The van der Waals surface area contributed by atoms with Gasteiger partial charge in [0.1, 0.15) is 0 Å². The van der Waals surface area contributed by atoms with Crippen LogP contribution in [0.25, 0.3) is 0 Å². The molecule has 1 aliphatic heterocycles. The van der Waals surface area contributed by atoms with Gasteiger partial charge in [-0.1, -0.05) is 20.8 Å². The van der Waals surface area contributed by atoms with Crippen LogP contribution in [0, 0.1) is 5.92 Å². The Morgan fingerprint density at radius 1 is 1.33 bits per heavy atom. The smallest absolute Gasteiger partial charge is 0.0728 e. The van der Waals surface area contributed by atoms with Gasteiger partial charge in [-0.05, 0) is 44.6 Å². The van der Waals surface area contributed by atoms with E-state index < -0.39 is 0 Å². The molecule has 2 nitrogen and oxygen atoms in total. The second kappa shape index (κ2) is 7.24. The molecule has 0 bridgehead atoms. The summed E-state index contributed by atoms with van der Waals surface area (Å²) in [6.45, 7) is 8.92. The summed E-state index contributed by atoms with van der Waals surface area (Å²) in [6, 6.07) is 0.592. The third-order valence-corrected chi connectivity index (χ3v) is 3.13. The Kier molecular flexibility index (Phi) is 6.26. The molecule has 1 rings (SSSR count). The van der Waals surface area contributed by atoms with E-state index in [1.807, 2.05) is 0 Å². The van der Waals surface area contributed by atoms with E-state index in [-0.39, 0.29) is 0 Å². The Balaban J connectivity index is 2.30. The minimum atomic E-state index is 0.482. The van der Waals surface area contributed by atoms with Gasteiger partial charge in [0.05, 0.1) is 6.10 Å². The first-order chi connectivity index (χ1) is 7.24. The van der Waals surface area contributed by atoms with E-state index in [2.05, 4.69) is 26.1 Å². The number of nitrogens with one attached hydrogen (secondary N) is 1. The van der Waals surface area contributed by atoms with Crippen LogP contribution in [0.3, 0.4) is 0 Å². The fraction of sp³-hybridized carbons (Fsp3) is 1.00. The van der Waals surface area contributed by atoms with Crippen molar-refractivity contribution in [3.05, 3.63) is 0 Å². The SMILES string of the molecule is CCCNC(CCC(C)C)C1CCCO1. The molecule has 2 heteroatoms. The summed E-state index contributed by atoms with van der Waals surface area (Å²) in [7, 11) is 0. The lowest BCUT2D eigenvalue weighted by Crippen LogP contribution is -2.40. The van der Waals surface area contributed by atoms with Gasteiger partial charge in [-0.2, -0.15) is 0 Å². The van der Waals surface area contributed by atoms with Crippen LogP contribution in [0.2, 0.25) is 0 Å². The fourth-order valence-corrected chi connectivity index (χ4v) is 2.18. The minimum Gasteiger partial charge on any atom is -0.377 e.